The van der Waals surface area contributed by atoms with Gasteiger partial charge in [0, 0.05) is 0 Å². The van der Waals surface area contributed by atoms with Crippen molar-refractivity contribution in [1.82, 2.24) is 19.7 Å². The summed E-state index contributed by atoms with van der Waals surface area (Å²) in [4.78, 5) is 21.5. The van der Waals surface area contributed by atoms with Crippen LogP contribution in [-0.4, -0.2) is 52.8 Å². The zero-order valence-corrected chi connectivity index (χ0v) is 12.2. The van der Waals surface area contributed by atoms with Crippen LogP contribution in [0.2, 0.25) is 0 Å². The molecule has 10 nitrogen and oxygen atoms in total. The first-order valence-corrected chi connectivity index (χ1v) is 7.71. The maximum atomic E-state index is 11.6. The fourth-order valence-electron chi connectivity index (χ4n) is 1.34. The smallest absolute Gasteiger partial charge is 0.325 e. The number of nitrogens with zero attached hydrogens (tertiary/aromatic N) is 3. The first-order chi connectivity index (χ1) is 9.82. The van der Waals surface area contributed by atoms with E-state index in [0.717, 1.165) is 4.68 Å². The highest BCUT2D eigenvalue weighted by atomic mass is 32.2. The van der Waals surface area contributed by atoms with Crippen LogP contribution in [0.25, 0.3) is 0 Å². The standard InChI is InChI=1S/C10H16N4O6S/c1-2-20-10(17)3-4-21(18,19)11-5-8-6-14(13-12-8)7-9(15)16/h6,11H,2-5,7H2,1H3,(H,15,16). The van der Waals surface area contributed by atoms with E-state index in [1.165, 1.54) is 6.20 Å². The van der Waals surface area contributed by atoms with Crippen molar-refractivity contribution in [2.45, 2.75) is 26.4 Å². The minimum Gasteiger partial charge on any atom is -0.480 e. The van der Waals surface area contributed by atoms with Gasteiger partial charge in [-0.25, -0.2) is 17.8 Å². The molecule has 0 fully saturated rings. The lowest BCUT2D eigenvalue weighted by Gasteiger charge is -2.04. The number of carbonyl (C=O) groups excluding carboxylic acids is 1. The van der Waals surface area contributed by atoms with Gasteiger partial charge in [0.05, 0.1) is 37.2 Å². The van der Waals surface area contributed by atoms with Crippen LogP contribution in [0, 0.1) is 0 Å². The van der Waals surface area contributed by atoms with E-state index < -0.39 is 27.7 Å². The number of rotatable bonds is 9. The predicted octanol–water partition coefficient (Wildman–Crippen LogP) is -1.26. The zero-order chi connectivity index (χ0) is 15.9. The Morgan fingerprint density at radius 3 is 2.81 bits per heavy atom. The number of nitrogens with one attached hydrogen (secondary N) is 1. The van der Waals surface area contributed by atoms with Gasteiger partial charge >= 0.3 is 11.9 Å². The molecule has 0 atom stereocenters. The molecule has 0 spiro atoms. The molecule has 0 saturated heterocycles. The summed E-state index contributed by atoms with van der Waals surface area (Å²) in [5, 5.41) is 15.7. The number of esters is 1. The Kier molecular flexibility index (Phi) is 6.24. The summed E-state index contributed by atoms with van der Waals surface area (Å²) >= 11 is 0. The van der Waals surface area contributed by atoms with Gasteiger partial charge in [-0.2, -0.15) is 0 Å². The average Bonchev–Trinajstić information content (AvgIpc) is 2.82. The van der Waals surface area contributed by atoms with Crippen LogP contribution < -0.4 is 4.72 Å². The number of hydrogen-bond acceptors (Lipinski definition) is 7. The van der Waals surface area contributed by atoms with E-state index in [2.05, 4.69) is 19.8 Å². The van der Waals surface area contributed by atoms with Gasteiger partial charge in [-0.3, -0.25) is 9.59 Å². The molecule has 1 aromatic heterocycles. The monoisotopic (exact) mass is 320 g/mol. The summed E-state index contributed by atoms with van der Waals surface area (Å²) in [6.07, 6.45) is 1.08. The molecular weight excluding hydrogens is 304 g/mol. The molecule has 1 rings (SSSR count). The molecule has 0 saturated carbocycles. The van der Waals surface area contributed by atoms with Gasteiger partial charge in [-0.1, -0.05) is 5.21 Å². The molecule has 0 aliphatic heterocycles. The molecule has 2 N–H and O–H groups in total. The van der Waals surface area contributed by atoms with Gasteiger partial charge in [0.1, 0.15) is 6.54 Å². The summed E-state index contributed by atoms with van der Waals surface area (Å²) in [5.74, 6) is -2.06. The highest BCUT2D eigenvalue weighted by Crippen LogP contribution is 1.97. The second-order valence-corrected chi connectivity index (χ2v) is 5.92. The largest absolute Gasteiger partial charge is 0.480 e. The van der Waals surface area contributed by atoms with Gasteiger partial charge in [0.25, 0.3) is 0 Å². The summed E-state index contributed by atoms with van der Waals surface area (Å²) in [6.45, 7) is 1.33. The summed E-state index contributed by atoms with van der Waals surface area (Å²) in [5.41, 5.74) is 0.274. The molecule has 0 radical (unpaired) electrons. The third kappa shape index (κ3) is 6.81. The van der Waals surface area contributed by atoms with Crippen molar-refractivity contribution in [2.24, 2.45) is 0 Å². The molecule has 1 heterocycles. The van der Waals surface area contributed by atoms with E-state index >= 15 is 0 Å². The van der Waals surface area contributed by atoms with E-state index in [4.69, 9.17) is 5.11 Å². The number of carboxylic acids is 1. The van der Waals surface area contributed by atoms with E-state index in [1.54, 1.807) is 6.92 Å². The first kappa shape index (κ1) is 17.0. The van der Waals surface area contributed by atoms with E-state index in [1.807, 2.05) is 0 Å². The molecule has 21 heavy (non-hydrogen) atoms. The Balaban J connectivity index is 2.44. The van der Waals surface area contributed by atoms with Crippen LogP contribution in [-0.2, 0) is 37.4 Å². The van der Waals surface area contributed by atoms with Crippen LogP contribution in [0.1, 0.15) is 19.0 Å². The SMILES string of the molecule is CCOC(=O)CCS(=O)(=O)NCc1cn(CC(=O)O)nn1. The van der Waals surface area contributed by atoms with Gasteiger partial charge in [0.15, 0.2) is 0 Å². The number of ether oxygens (including phenoxy) is 1. The number of sulfonamides is 1. The molecule has 0 aliphatic rings. The molecule has 118 valence electrons. The predicted molar refractivity (Wildman–Crippen MR) is 69.5 cm³/mol. The summed E-state index contributed by atoms with van der Waals surface area (Å²) < 4.78 is 31.2. The van der Waals surface area contributed by atoms with Crippen LogP contribution in [0.15, 0.2) is 6.20 Å². The molecule has 0 aromatic carbocycles. The van der Waals surface area contributed by atoms with Gasteiger partial charge < -0.3 is 9.84 Å². The summed E-state index contributed by atoms with van der Waals surface area (Å²) in [6, 6.07) is 0. The minimum absolute atomic E-state index is 0.134. The van der Waals surface area contributed by atoms with Crippen molar-refractivity contribution in [1.29, 1.82) is 0 Å². The lowest BCUT2D eigenvalue weighted by Crippen LogP contribution is -2.27. The minimum atomic E-state index is -3.65. The van der Waals surface area contributed by atoms with E-state index in [0.29, 0.717) is 0 Å². The van der Waals surface area contributed by atoms with E-state index in [-0.39, 0.29) is 31.8 Å². The van der Waals surface area contributed by atoms with Gasteiger partial charge in [-0.15, -0.1) is 5.10 Å². The molecular formula is C10H16N4O6S. The van der Waals surface area contributed by atoms with Crippen LogP contribution in [0.5, 0.6) is 0 Å². The fourth-order valence-corrected chi connectivity index (χ4v) is 2.29. The number of aliphatic carboxylic acids is 1. The molecule has 0 bridgehead atoms. The van der Waals surface area contributed by atoms with Crippen molar-refractivity contribution < 1.29 is 27.9 Å². The van der Waals surface area contributed by atoms with Gasteiger partial charge in [0.2, 0.25) is 10.0 Å². The Labute approximate surface area is 121 Å². The van der Waals surface area contributed by atoms with Crippen molar-refractivity contribution in [3.8, 4) is 0 Å². The van der Waals surface area contributed by atoms with Crippen molar-refractivity contribution >= 4 is 22.0 Å². The van der Waals surface area contributed by atoms with Crippen molar-refractivity contribution in [2.75, 3.05) is 12.4 Å². The Hall–Kier alpha value is -2.01. The highest BCUT2D eigenvalue weighted by molar-refractivity contribution is 7.89. The molecule has 0 aliphatic carbocycles. The number of carboxylic acid groups (broad SMARTS) is 1. The number of hydrogen-bond donors (Lipinski definition) is 2. The highest BCUT2D eigenvalue weighted by Gasteiger charge is 2.14. The topological polar surface area (TPSA) is 140 Å². The van der Waals surface area contributed by atoms with Crippen molar-refractivity contribution in [3.63, 3.8) is 0 Å². The van der Waals surface area contributed by atoms with Crippen LogP contribution in [0.4, 0.5) is 0 Å². The third-order valence-electron chi connectivity index (χ3n) is 2.24. The number of aromatic nitrogens is 3. The lowest BCUT2D eigenvalue weighted by atomic mass is 10.5. The number of carbonyl (C=O) groups is 2. The zero-order valence-electron chi connectivity index (χ0n) is 11.4. The van der Waals surface area contributed by atoms with Crippen molar-refractivity contribution in [3.05, 3.63) is 11.9 Å². The van der Waals surface area contributed by atoms with Gasteiger partial charge in [-0.05, 0) is 6.92 Å². The second kappa shape index (κ2) is 7.69. The molecule has 1 aromatic rings. The second-order valence-electron chi connectivity index (χ2n) is 4.00. The summed E-state index contributed by atoms with van der Waals surface area (Å²) in [7, 11) is -3.65. The van der Waals surface area contributed by atoms with Crippen LogP contribution >= 0.6 is 0 Å². The maximum Gasteiger partial charge on any atom is 0.325 e. The fraction of sp³-hybridized carbons (Fsp3) is 0.600. The molecule has 0 unspecified atom stereocenters. The normalized spacial score (nSPS) is 11.3. The quantitative estimate of drug-likeness (QED) is 0.537. The third-order valence-corrected chi connectivity index (χ3v) is 3.56. The molecule has 11 heteroatoms. The first-order valence-electron chi connectivity index (χ1n) is 6.06. The molecule has 0 amide bonds. The average molecular weight is 320 g/mol. The van der Waals surface area contributed by atoms with E-state index in [9.17, 15) is 18.0 Å². The Morgan fingerprint density at radius 1 is 1.48 bits per heavy atom. The maximum absolute atomic E-state index is 11.6. The Morgan fingerprint density at radius 2 is 2.19 bits per heavy atom. The Bertz CT molecular complexity index is 596. The lowest BCUT2D eigenvalue weighted by molar-refractivity contribution is -0.142. The van der Waals surface area contributed by atoms with Crippen LogP contribution in [0.3, 0.4) is 0 Å².